The van der Waals surface area contributed by atoms with Crippen molar-refractivity contribution in [1.82, 2.24) is 9.78 Å². The topological polar surface area (TPSA) is 90.0 Å². The molecule has 0 aliphatic heterocycles. The zero-order valence-corrected chi connectivity index (χ0v) is 10.5. The number of hydrogen-bond donors (Lipinski definition) is 2. The van der Waals surface area contributed by atoms with Crippen LogP contribution in [-0.2, 0) is 11.3 Å². The highest BCUT2D eigenvalue weighted by atomic mass is 16.2. The maximum atomic E-state index is 11.8. The lowest BCUT2D eigenvalue weighted by Crippen LogP contribution is -2.28. The standard InChI is InChI=1S/C13H14N4O2/c1-9-7-10(14)4-5-11(9)16-12(18)8-17-13(19)3-2-6-15-17/h2-7H,8,14H2,1H3,(H,16,18). The molecule has 0 aliphatic carbocycles. The first-order valence-electron chi connectivity index (χ1n) is 5.74. The number of amides is 1. The summed E-state index contributed by atoms with van der Waals surface area (Å²) in [5.41, 5.74) is 7.49. The number of hydrogen-bond acceptors (Lipinski definition) is 4. The van der Waals surface area contributed by atoms with E-state index in [1.54, 1.807) is 18.2 Å². The number of aryl methyl sites for hydroxylation is 1. The molecule has 0 atom stereocenters. The summed E-state index contributed by atoms with van der Waals surface area (Å²) >= 11 is 0. The predicted molar refractivity (Wildman–Crippen MR) is 72.7 cm³/mol. The number of nitrogen functional groups attached to an aromatic ring is 1. The van der Waals surface area contributed by atoms with Crippen LogP contribution < -0.4 is 16.6 Å². The van der Waals surface area contributed by atoms with Gasteiger partial charge in [0.1, 0.15) is 6.54 Å². The Labute approximate surface area is 109 Å². The number of carbonyl (C=O) groups is 1. The number of rotatable bonds is 3. The molecule has 2 aromatic rings. The number of nitrogens with zero attached hydrogens (tertiary/aromatic N) is 2. The van der Waals surface area contributed by atoms with Crippen molar-refractivity contribution in [2.45, 2.75) is 13.5 Å². The number of nitrogens with one attached hydrogen (secondary N) is 1. The molecule has 1 heterocycles. The van der Waals surface area contributed by atoms with Crippen molar-refractivity contribution in [3.8, 4) is 0 Å². The molecule has 0 radical (unpaired) electrons. The monoisotopic (exact) mass is 258 g/mol. The van der Waals surface area contributed by atoms with Crippen molar-refractivity contribution in [2.24, 2.45) is 0 Å². The molecule has 98 valence electrons. The highest BCUT2D eigenvalue weighted by molar-refractivity contribution is 5.91. The lowest BCUT2D eigenvalue weighted by molar-refractivity contribution is -0.117. The fourth-order valence-corrected chi connectivity index (χ4v) is 1.66. The Bertz CT molecular complexity index is 664. The minimum atomic E-state index is -0.313. The maximum Gasteiger partial charge on any atom is 0.267 e. The zero-order valence-electron chi connectivity index (χ0n) is 10.5. The zero-order chi connectivity index (χ0) is 13.8. The molecule has 0 saturated carbocycles. The van der Waals surface area contributed by atoms with E-state index in [4.69, 9.17) is 5.73 Å². The van der Waals surface area contributed by atoms with Crippen molar-refractivity contribution in [3.63, 3.8) is 0 Å². The Morgan fingerprint density at radius 3 is 2.89 bits per heavy atom. The fraction of sp³-hybridized carbons (Fsp3) is 0.154. The summed E-state index contributed by atoms with van der Waals surface area (Å²) in [6.07, 6.45) is 1.46. The van der Waals surface area contributed by atoms with E-state index >= 15 is 0 Å². The summed E-state index contributed by atoms with van der Waals surface area (Å²) in [6, 6.07) is 8.08. The van der Waals surface area contributed by atoms with E-state index in [1.165, 1.54) is 18.3 Å². The van der Waals surface area contributed by atoms with E-state index in [2.05, 4.69) is 10.4 Å². The van der Waals surface area contributed by atoms with E-state index in [1.807, 2.05) is 6.92 Å². The number of nitrogens with two attached hydrogens (primary N) is 1. The average molecular weight is 258 g/mol. The van der Waals surface area contributed by atoms with Crippen molar-refractivity contribution in [2.75, 3.05) is 11.1 Å². The Morgan fingerprint density at radius 2 is 2.21 bits per heavy atom. The molecule has 0 saturated heterocycles. The third kappa shape index (κ3) is 3.19. The Kier molecular flexibility index (Phi) is 3.61. The van der Waals surface area contributed by atoms with Crippen LogP contribution in [0.15, 0.2) is 41.3 Å². The Balaban J connectivity index is 2.10. The van der Waals surface area contributed by atoms with E-state index in [9.17, 15) is 9.59 Å². The first-order chi connectivity index (χ1) is 9.06. The highest BCUT2D eigenvalue weighted by Gasteiger charge is 2.07. The smallest absolute Gasteiger partial charge is 0.267 e. The van der Waals surface area contributed by atoms with Gasteiger partial charge < -0.3 is 11.1 Å². The summed E-state index contributed by atoms with van der Waals surface area (Å²) in [5, 5.41) is 6.54. The van der Waals surface area contributed by atoms with Crippen LogP contribution >= 0.6 is 0 Å². The van der Waals surface area contributed by atoms with E-state index in [0.29, 0.717) is 11.4 Å². The van der Waals surface area contributed by atoms with Crippen molar-refractivity contribution in [1.29, 1.82) is 0 Å². The largest absolute Gasteiger partial charge is 0.399 e. The van der Waals surface area contributed by atoms with Gasteiger partial charge in [0, 0.05) is 23.6 Å². The number of carbonyl (C=O) groups excluding carboxylic acids is 1. The fourth-order valence-electron chi connectivity index (χ4n) is 1.66. The molecule has 0 fully saturated rings. The predicted octanol–water partition coefficient (Wildman–Crippen LogP) is 0.773. The third-order valence-electron chi connectivity index (χ3n) is 2.60. The molecule has 1 aromatic heterocycles. The van der Waals surface area contributed by atoms with E-state index in [0.717, 1.165) is 10.2 Å². The molecule has 0 spiro atoms. The van der Waals surface area contributed by atoms with Crippen LogP contribution in [0.1, 0.15) is 5.56 Å². The van der Waals surface area contributed by atoms with Crippen LogP contribution in [0.3, 0.4) is 0 Å². The first kappa shape index (κ1) is 12.8. The molecule has 6 nitrogen and oxygen atoms in total. The molecular formula is C13H14N4O2. The molecule has 0 aliphatic rings. The number of anilines is 2. The molecule has 1 amide bonds. The lowest BCUT2D eigenvalue weighted by atomic mass is 10.2. The highest BCUT2D eigenvalue weighted by Crippen LogP contribution is 2.17. The molecule has 0 bridgehead atoms. The Morgan fingerprint density at radius 1 is 1.42 bits per heavy atom. The number of benzene rings is 1. The second-order valence-electron chi connectivity index (χ2n) is 4.14. The van der Waals surface area contributed by atoms with Crippen molar-refractivity contribution < 1.29 is 4.79 Å². The van der Waals surface area contributed by atoms with E-state index in [-0.39, 0.29) is 18.0 Å². The summed E-state index contributed by atoms with van der Waals surface area (Å²) in [6.45, 7) is 1.72. The lowest BCUT2D eigenvalue weighted by Gasteiger charge is -2.09. The molecular weight excluding hydrogens is 244 g/mol. The van der Waals surface area contributed by atoms with Crippen molar-refractivity contribution in [3.05, 3.63) is 52.4 Å². The van der Waals surface area contributed by atoms with Gasteiger partial charge in [0.2, 0.25) is 5.91 Å². The minimum Gasteiger partial charge on any atom is -0.399 e. The van der Waals surface area contributed by atoms with Crippen LogP contribution in [-0.4, -0.2) is 15.7 Å². The molecule has 1 aromatic carbocycles. The number of aromatic nitrogens is 2. The van der Waals surface area contributed by atoms with E-state index < -0.39 is 0 Å². The second-order valence-corrected chi connectivity index (χ2v) is 4.14. The van der Waals surface area contributed by atoms with Crippen molar-refractivity contribution >= 4 is 17.3 Å². The summed E-state index contributed by atoms with van der Waals surface area (Å²) in [7, 11) is 0. The summed E-state index contributed by atoms with van der Waals surface area (Å²) in [5.74, 6) is -0.311. The van der Waals surface area contributed by atoms with Gasteiger partial charge in [0.15, 0.2) is 0 Å². The van der Waals surface area contributed by atoms with Gasteiger partial charge >= 0.3 is 0 Å². The quantitative estimate of drug-likeness (QED) is 0.796. The maximum absolute atomic E-state index is 11.8. The first-order valence-corrected chi connectivity index (χ1v) is 5.74. The van der Waals surface area contributed by atoms with Gasteiger partial charge in [-0.15, -0.1) is 0 Å². The SMILES string of the molecule is Cc1cc(N)ccc1NC(=O)Cn1ncccc1=O. The van der Waals surface area contributed by atoms with Crippen LogP contribution in [0.4, 0.5) is 11.4 Å². The third-order valence-corrected chi connectivity index (χ3v) is 2.60. The van der Waals surface area contributed by atoms with Crippen LogP contribution in [0.25, 0.3) is 0 Å². The van der Waals surface area contributed by atoms with Gasteiger partial charge in [-0.05, 0) is 36.8 Å². The molecule has 2 rings (SSSR count). The second kappa shape index (κ2) is 5.34. The average Bonchev–Trinajstić information content (AvgIpc) is 2.36. The van der Waals surface area contributed by atoms with Gasteiger partial charge in [-0.1, -0.05) is 0 Å². The normalized spacial score (nSPS) is 10.2. The van der Waals surface area contributed by atoms with Gasteiger partial charge in [-0.25, -0.2) is 4.68 Å². The Hall–Kier alpha value is -2.63. The minimum absolute atomic E-state index is 0.122. The van der Waals surface area contributed by atoms with Crippen LogP contribution in [0, 0.1) is 6.92 Å². The summed E-state index contributed by atoms with van der Waals surface area (Å²) in [4.78, 5) is 23.3. The molecule has 19 heavy (non-hydrogen) atoms. The van der Waals surface area contributed by atoms with Gasteiger partial charge in [0.05, 0.1) is 0 Å². The van der Waals surface area contributed by atoms with Gasteiger partial charge in [-0.3, -0.25) is 9.59 Å². The molecule has 6 heteroatoms. The van der Waals surface area contributed by atoms with Crippen LogP contribution in [0.5, 0.6) is 0 Å². The van der Waals surface area contributed by atoms with Gasteiger partial charge in [0.25, 0.3) is 5.56 Å². The van der Waals surface area contributed by atoms with Gasteiger partial charge in [-0.2, -0.15) is 5.10 Å². The van der Waals surface area contributed by atoms with Crippen LogP contribution in [0.2, 0.25) is 0 Å². The molecule has 3 N–H and O–H groups in total. The molecule has 0 unspecified atom stereocenters. The summed E-state index contributed by atoms with van der Waals surface area (Å²) < 4.78 is 1.10.